The van der Waals surface area contributed by atoms with E-state index in [1.54, 1.807) is 0 Å². The van der Waals surface area contributed by atoms with Crippen LogP contribution in [0.5, 0.6) is 0 Å². The number of anilines is 1. The number of aromatic amines is 1. The average molecular weight is 380 g/mol. The van der Waals surface area contributed by atoms with Gasteiger partial charge in [0.1, 0.15) is 0 Å². The van der Waals surface area contributed by atoms with Gasteiger partial charge in [-0.2, -0.15) is 0 Å². The Morgan fingerprint density at radius 3 is 2.56 bits per heavy atom. The molecule has 0 unspecified atom stereocenters. The fraction of sp³-hybridized carbons (Fsp3) is 0.273. The predicted octanol–water partition coefficient (Wildman–Crippen LogP) is 4.29. The number of aromatic nitrogens is 1. The molecule has 0 atom stereocenters. The summed E-state index contributed by atoms with van der Waals surface area (Å²) in [4.78, 5) is 15.4. The second-order valence-electron chi connectivity index (χ2n) is 6.97. The second kappa shape index (κ2) is 7.92. The van der Waals surface area contributed by atoms with E-state index in [9.17, 15) is 4.79 Å². The highest BCUT2D eigenvalue weighted by Gasteiger charge is 2.07. The molecule has 0 bridgehead atoms. The number of nitrogens with one attached hydrogen (secondary N) is 3. The van der Waals surface area contributed by atoms with Crippen LogP contribution in [0, 0.1) is 27.7 Å². The monoisotopic (exact) mass is 379 g/mol. The van der Waals surface area contributed by atoms with Gasteiger partial charge in [0.25, 0.3) is 5.56 Å². The van der Waals surface area contributed by atoms with E-state index in [0.29, 0.717) is 18.1 Å². The maximum atomic E-state index is 12.4. The fourth-order valence-corrected chi connectivity index (χ4v) is 3.33. The topological polar surface area (TPSA) is 56.9 Å². The molecule has 0 saturated carbocycles. The fourth-order valence-electron chi connectivity index (χ4n) is 3.12. The van der Waals surface area contributed by atoms with Gasteiger partial charge < -0.3 is 15.6 Å². The Hall–Kier alpha value is -2.66. The van der Waals surface area contributed by atoms with Crippen molar-refractivity contribution in [1.82, 2.24) is 10.3 Å². The lowest BCUT2D eigenvalue weighted by Gasteiger charge is -2.14. The Labute approximate surface area is 165 Å². The van der Waals surface area contributed by atoms with Gasteiger partial charge in [-0.05, 0) is 86.1 Å². The molecular formula is C22H25N3OS. The lowest BCUT2D eigenvalue weighted by Crippen LogP contribution is -2.31. The van der Waals surface area contributed by atoms with Crippen LogP contribution >= 0.6 is 12.2 Å². The molecule has 0 fully saturated rings. The van der Waals surface area contributed by atoms with Crippen molar-refractivity contribution in [3.8, 4) is 0 Å². The lowest BCUT2D eigenvalue weighted by molar-refractivity contribution is 0.863. The summed E-state index contributed by atoms with van der Waals surface area (Å²) in [6.45, 7) is 8.82. The first kappa shape index (κ1) is 19.1. The summed E-state index contributed by atoms with van der Waals surface area (Å²) < 4.78 is 0. The number of H-pyrrole nitrogens is 1. The Bertz CT molecular complexity index is 1070. The molecule has 3 N–H and O–H groups in total. The number of thiocarbonyl (C=S) groups is 1. The average Bonchev–Trinajstić information content (AvgIpc) is 2.63. The summed E-state index contributed by atoms with van der Waals surface area (Å²) in [5.41, 5.74) is 7.34. The molecule has 0 aliphatic carbocycles. The second-order valence-corrected chi connectivity index (χ2v) is 7.38. The summed E-state index contributed by atoms with van der Waals surface area (Å²) in [5.74, 6) is 0. The Morgan fingerprint density at radius 2 is 1.78 bits per heavy atom. The van der Waals surface area contributed by atoms with Crippen LogP contribution in [0.4, 0.5) is 5.69 Å². The van der Waals surface area contributed by atoms with E-state index in [0.717, 1.165) is 27.7 Å². The van der Waals surface area contributed by atoms with Crippen LogP contribution < -0.4 is 16.2 Å². The third kappa shape index (κ3) is 4.19. The van der Waals surface area contributed by atoms with Gasteiger partial charge in [0.05, 0.1) is 5.52 Å². The van der Waals surface area contributed by atoms with Crippen molar-refractivity contribution in [2.24, 2.45) is 0 Å². The van der Waals surface area contributed by atoms with E-state index in [1.807, 2.05) is 25.1 Å². The zero-order valence-electron chi connectivity index (χ0n) is 16.2. The molecule has 140 valence electrons. The number of hydrogen-bond acceptors (Lipinski definition) is 2. The normalized spacial score (nSPS) is 10.8. The number of rotatable bonds is 4. The number of benzene rings is 2. The van der Waals surface area contributed by atoms with Gasteiger partial charge in [0, 0.05) is 17.8 Å². The van der Waals surface area contributed by atoms with Crippen molar-refractivity contribution in [1.29, 1.82) is 0 Å². The maximum Gasteiger partial charge on any atom is 0.251 e. The molecule has 0 aliphatic rings. The quantitative estimate of drug-likeness (QED) is 0.592. The molecule has 4 nitrogen and oxygen atoms in total. The van der Waals surface area contributed by atoms with Crippen molar-refractivity contribution in [3.05, 3.63) is 74.6 Å². The molecule has 3 aromatic rings. The first-order valence-corrected chi connectivity index (χ1v) is 9.51. The van der Waals surface area contributed by atoms with Crippen molar-refractivity contribution in [3.63, 3.8) is 0 Å². The van der Waals surface area contributed by atoms with E-state index >= 15 is 0 Å². The molecule has 3 rings (SSSR count). The van der Waals surface area contributed by atoms with E-state index in [4.69, 9.17) is 12.2 Å². The number of hydrogen-bond donors (Lipinski definition) is 3. The Balaban J connectivity index is 1.66. The molecule has 5 heteroatoms. The van der Waals surface area contributed by atoms with Crippen LogP contribution in [0.1, 0.15) is 27.8 Å². The van der Waals surface area contributed by atoms with E-state index < -0.39 is 0 Å². The Morgan fingerprint density at radius 1 is 1.04 bits per heavy atom. The molecule has 1 aromatic heterocycles. The van der Waals surface area contributed by atoms with Gasteiger partial charge in [0.15, 0.2) is 5.11 Å². The summed E-state index contributed by atoms with van der Waals surface area (Å²) in [6, 6.07) is 12.2. The van der Waals surface area contributed by atoms with Crippen LogP contribution in [-0.2, 0) is 6.42 Å². The van der Waals surface area contributed by atoms with Crippen LogP contribution in [0.15, 0.2) is 41.2 Å². The van der Waals surface area contributed by atoms with Gasteiger partial charge in [-0.25, -0.2) is 0 Å². The first-order chi connectivity index (χ1) is 12.9. The SMILES string of the molecule is Cc1cccc(NC(=S)NCCc2cc3ccc(C)c(C)c3[nH]c2=O)c1C. The van der Waals surface area contributed by atoms with Crippen LogP contribution in [-0.4, -0.2) is 16.6 Å². The van der Waals surface area contributed by atoms with E-state index in [2.05, 4.69) is 54.6 Å². The van der Waals surface area contributed by atoms with Gasteiger partial charge in [0.2, 0.25) is 0 Å². The highest BCUT2D eigenvalue weighted by molar-refractivity contribution is 7.80. The van der Waals surface area contributed by atoms with Gasteiger partial charge >= 0.3 is 0 Å². The van der Waals surface area contributed by atoms with Crippen molar-refractivity contribution in [2.75, 3.05) is 11.9 Å². The van der Waals surface area contributed by atoms with Gasteiger partial charge in [-0.3, -0.25) is 4.79 Å². The van der Waals surface area contributed by atoms with E-state index in [-0.39, 0.29) is 5.56 Å². The van der Waals surface area contributed by atoms with Crippen molar-refractivity contribution in [2.45, 2.75) is 34.1 Å². The number of fused-ring (bicyclic) bond motifs is 1. The highest BCUT2D eigenvalue weighted by atomic mass is 32.1. The Kier molecular flexibility index (Phi) is 5.61. The lowest BCUT2D eigenvalue weighted by atomic mass is 10.0. The zero-order valence-corrected chi connectivity index (χ0v) is 17.0. The summed E-state index contributed by atoms with van der Waals surface area (Å²) in [5, 5.41) is 8.04. The molecule has 27 heavy (non-hydrogen) atoms. The standard InChI is InChI=1S/C22H25N3OS/c1-13-6-5-7-19(15(13)3)24-22(27)23-11-10-18-12-17-9-8-14(2)16(4)20(17)25-21(18)26/h5-9,12H,10-11H2,1-4H3,(H,25,26)(H2,23,24,27). The molecule has 0 spiro atoms. The largest absolute Gasteiger partial charge is 0.362 e. The van der Waals surface area contributed by atoms with Crippen LogP contribution in [0.3, 0.4) is 0 Å². The van der Waals surface area contributed by atoms with Crippen molar-refractivity contribution < 1.29 is 0 Å². The summed E-state index contributed by atoms with van der Waals surface area (Å²) in [7, 11) is 0. The minimum atomic E-state index is -0.0357. The van der Waals surface area contributed by atoms with Gasteiger partial charge in [-0.15, -0.1) is 0 Å². The molecule has 0 amide bonds. The molecule has 0 radical (unpaired) electrons. The van der Waals surface area contributed by atoms with Gasteiger partial charge in [-0.1, -0.05) is 24.3 Å². The molecule has 0 saturated heterocycles. The number of aryl methyl sites for hydroxylation is 3. The molecule has 1 heterocycles. The molecular weight excluding hydrogens is 354 g/mol. The minimum absolute atomic E-state index is 0.0357. The minimum Gasteiger partial charge on any atom is -0.362 e. The highest BCUT2D eigenvalue weighted by Crippen LogP contribution is 2.19. The molecule has 2 aromatic carbocycles. The van der Waals surface area contributed by atoms with Crippen molar-refractivity contribution >= 4 is 33.9 Å². The third-order valence-corrected chi connectivity index (χ3v) is 5.41. The predicted molar refractivity (Wildman–Crippen MR) is 118 cm³/mol. The first-order valence-electron chi connectivity index (χ1n) is 9.10. The summed E-state index contributed by atoms with van der Waals surface area (Å²) in [6.07, 6.45) is 0.604. The third-order valence-electron chi connectivity index (χ3n) is 5.16. The van der Waals surface area contributed by atoms with E-state index in [1.165, 1.54) is 16.7 Å². The van der Waals surface area contributed by atoms with Crippen LogP contribution in [0.25, 0.3) is 10.9 Å². The number of pyridine rings is 1. The smallest absolute Gasteiger partial charge is 0.251 e. The molecule has 0 aliphatic heterocycles. The zero-order chi connectivity index (χ0) is 19.6. The summed E-state index contributed by atoms with van der Waals surface area (Å²) >= 11 is 5.39. The van der Waals surface area contributed by atoms with Crippen LogP contribution in [0.2, 0.25) is 0 Å². The maximum absolute atomic E-state index is 12.4.